The monoisotopic (exact) mass is 710 g/mol. The second-order valence-corrected chi connectivity index (χ2v) is 10.2. The summed E-state index contributed by atoms with van der Waals surface area (Å²) in [5.74, 6) is -2.32. The number of aromatic nitrogens is 2. The van der Waals surface area contributed by atoms with Gasteiger partial charge >= 0.3 is 41.5 Å². The standard InChI is InChI=1S/2C17H18N2O4.Co.Na/c2*1-11-16(21)14(13(10-20)8-18-11)9-19-15(17(22)23)7-12-5-3-2-4-6-12;;/h2*2-6,8-9,15,20-21H,7,10H2,1H3,(H,22,23);;/q;;;+1/t2*15-;;/m00../s1. The zero-order valence-electron chi connectivity index (χ0n) is 26.7. The van der Waals surface area contributed by atoms with E-state index in [1.807, 2.05) is 60.7 Å². The van der Waals surface area contributed by atoms with Crippen LogP contribution in [-0.2, 0) is 52.4 Å². The maximum absolute atomic E-state index is 11.4. The van der Waals surface area contributed by atoms with E-state index in [1.54, 1.807) is 13.8 Å². The van der Waals surface area contributed by atoms with Crippen LogP contribution in [0, 0.1) is 13.8 Å². The van der Waals surface area contributed by atoms with E-state index < -0.39 is 24.0 Å². The molecule has 4 aromatic rings. The minimum Gasteiger partial charge on any atom is -0.505 e. The van der Waals surface area contributed by atoms with E-state index in [0.29, 0.717) is 33.6 Å². The van der Waals surface area contributed by atoms with Gasteiger partial charge in [-0.1, -0.05) is 60.7 Å². The maximum Gasteiger partial charge on any atom is 1.00 e. The number of carbonyl (C=O) groups is 2. The summed E-state index contributed by atoms with van der Waals surface area (Å²) in [6.07, 6.45) is 5.93. The Morgan fingerprint density at radius 2 is 1.02 bits per heavy atom. The van der Waals surface area contributed by atoms with Crippen molar-refractivity contribution in [2.24, 2.45) is 9.98 Å². The molecule has 2 aromatic carbocycles. The molecule has 2 heterocycles. The average Bonchev–Trinajstić information content (AvgIpc) is 3.05. The molecule has 48 heavy (non-hydrogen) atoms. The minimum absolute atomic E-state index is 0. The first-order valence-corrected chi connectivity index (χ1v) is 14.2. The fourth-order valence-corrected chi connectivity index (χ4v) is 4.26. The number of nitrogens with zero attached hydrogens (tertiary/aromatic N) is 4. The SMILES string of the molecule is Cc1ncc(CO)c(C=N[C@@H](Cc2ccccc2)C(=O)O)c1O.Cc1ncc(CO)c(C=N[C@@H](Cc2ccccc2)C(=O)O)c1O.[Co].[Na+]. The quantitative estimate of drug-likeness (QED) is 0.0882. The normalized spacial score (nSPS) is 11.9. The second-order valence-electron chi connectivity index (χ2n) is 10.2. The molecule has 0 aliphatic rings. The van der Waals surface area contributed by atoms with E-state index in [1.165, 1.54) is 24.8 Å². The van der Waals surface area contributed by atoms with Crippen molar-refractivity contribution < 1.29 is 86.6 Å². The Kier molecular flexibility index (Phi) is 18.5. The van der Waals surface area contributed by atoms with Crippen LogP contribution in [0.4, 0.5) is 0 Å². The number of rotatable bonds is 12. The molecule has 0 aliphatic carbocycles. The van der Waals surface area contributed by atoms with Gasteiger partial charge in [0, 0.05) is 76.7 Å². The molecule has 0 unspecified atom stereocenters. The summed E-state index contributed by atoms with van der Waals surface area (Å²) in [6.45, 7) is 2.59. The van der Waals surface area contributed by atoms with Crippen molar-refractivity contribution in [1.29, 1.82) is 0 Å². The first-order valence-electron chi connectivity index (χ1n) is 14.2. The zero-order valence-corrected chi connectivity index (χ0v) is 29.7. The Balaban J connectivity index is 0.000000461. The summed E-state index contributed by atoms with van der Waals surface area (Å²) in [4.78, 5) is 38.8. The van der Waals surface area contributed by atoms with Crippen molar-refractivity contribution in [3.63, 3.8) is 0 Å². The molecule has 1 radical (unpaired) electrons. The number of aliphatic carboxylic acids is 2. The van der Waals surface area contributed by atoms with Gasteiger partial charge in [0.1, 0.15) is 11.5 Å². The Morgan fingerprint density at radius 3 is 1.31 bits per heavy atom. The number of hydrogen-bond donors (Lipinski definition) is 6. The van der Waals surface area contributed by atoms with Crippen molar-refractivity contribution in [3.8, 4) is 11.5 Å². The van der Waals surface area contributed by atoms with E-state index in [9.17, 15) is 40.2 Å². The van der Waals surface area contributed by atoms with Gasteiger partial charge in [-0.25, -0.2) is 9.59 Å². The Morgan fingerprint density at radius 1 is 0.688 bits per heavy atom. The van der Waals surface area contributed by atoms with Gasteiger partial charge in [0.25, 0.3) is 0 Å². The Bertz CT molecular complexity index is 1570. The number of carboxylic acids is 2. The number of aliphatic imine (C=N–C) groups is 2. The predicted octanol–water partition coefficient (Wildman–Crippen LogP) is 0.407. The third kappa shape index (κ3) is 12.2. The molecule has 0 bridgehead atoms. The van der Waals surface area contributed by atoms with Gasteiger partial charge in [-0.05, 0) is 25.0 Å². The smallest absolute Gasteiger partial charge is 0.505 e. The van der Waals surface area contributed by atoms with Crippen molar-refractivity contribution in [3.05, 3.63) is 118 Å². The van der Waals surface area contributed by atoms with Crippen LogP contribution >= 0.6 is 0 Å². The van der Waals surface area contributed by atoms with Crippen molar-refractivity contribution in [2.45, 2.75) is 52.0 Å². The average molecular weight is 711 g/mol. The molecule has 0 spiro atoms. The van der Waals surface area contributed by atoms with Crippen LogP contribution in [0.3, 0.4) is 0 Å². The van der Waals surface area contributed by atoms with Crippen LogP contribution in [0.1, 0.15) is 44.8 Å². The number of pyridine rings is 2. The maximum atomic E-state index is 11.4. The predicted molar refractivity (Wildman–Crippen MR) is 171 cm³/mol. The van der Waals surface area contributed by atoms with E-state index in [-0.39, 0.29) is 83.9 Å². The third-order valence-corrected chi connectivity index (χ3v) is 6.94. The molecule has 12 nitrogen and oxygen atoms in total. The van der Waals surface area contributed by atoms with E-state index >= 15 is 0 Å². The summed E-state index contributed by atoms with van der Waals surface area (Å²) in [7, 11) is 0. The molecule has 0 amide bonds. The number of aromatic hydroxyl groups is 2. The second kappa shape index (κ2) is 21.1. The van der Waals surface area contributed by atoms with Gasteiger partial charge in [-0.2, -0.15) is 0 Å². The molecule has 0 fully saturated rings. The van der Waals surface area contributed by atoms with E-state index in [2.05, 4.69) is 20.0 Å². The van der Waals surface area contributed by atoms with Gasteiger partial charge in [0.05, 0.1) is 24.6 Å². The molecule has 14 heteroatoms. The third-order valence-electron chi connectivity index (χ3n) is 6.94. The number of benzene rings is 2. The molecule has 0 saturated carbocycles. The van der Waals surface area contributed by atoms with Gasteiger partial charge in [-0.3, -0.25) is 20.0 Å². The van der Waals surface area contributed by atoms with Crippen molar-refractivity contribution >= 4 is 24.4 Å². The molecular weight excluding hydrogens is 674 g/mol. The van der Waals surface area contributed by atoms with Crippen LogP contribution in [0.15, 0.2) is 83.0 Å². The van der Waals surface area contributed by atoms with Crippen molar-refractivity contribution in [1.82, 2.24) is 9.97 Å². The molecule has 2 atom stereocenters. The molecule has 0 saturated heterocycles. The van der Waals surface area contributed by atoms with Crippen LogP contribution in [-0.4, -0.2) is 77.1 Å². The minimum atomic E-state index is -1.05. The topological polar surface area (TPSA) is 206 Å². The number of aryl methyl sites for hydroxylation is 2. The molecule has 4 rings (SSSR count). The van der Waals surface area contributed by atoms with Gasteiger partial charge in [-0.15, -0.1) is 0 Å². The van der Waals surface area contributed by atoms with Crippen LogP contribution < -0.4 is 29.6 Å². The molecular formula is C34H36CoN4NaO8+. The number of aliphatic hydroxyl groups is 2. The first kappa shape index (κ1) is 42.1. The molecule has 2 aromatic heterocycles. The summed E-state index contributed by atoms with van der Waals surface area (Å²) >= 11 is 0. The Hall–Kier alpha value is -3.95. The molecule has 249 valence electrons. The zero-order chi connectivity index (χ0) is 33.6. The van der Waals surface area contributed by atoms with Crippen LogP contribution in [0.5, 0.6) is 11.5 Å². The van der Waals surface area contributed by atoms with Crippen LogP contribution in [0.25, 0.3) is 0 Å². The van der Waals surface area contributed by atoms with Gasteiger partial charge < -0.3 is 30.6 Å². The molecule has 0 aliphatic heterocycles. The first-order chi connectivity index (χ1) is 22.0. The summed E-state index contributed by atoms with van der Waals surface area (Å²) in [5.41, 5.74) is 3.85. The fourth-order valence-electron chi connectivity index (χ4n) is 4.26. The largest absolute Gasteiger partial charge is 1.00 e. The van der Waals surface area contributed by atoms with Crippen LogP contribution in [0.2, 0.25) is 0 Å². The summed E-state index contributed by atoms with van der Waals surface area (Å²) < 4.78 is 0. The van der Waals surface area contributed by atoms with Gasteiger partial charge in [0.15, 0.2) is 12.1 Å². The summed E-state index contributed by atoms with van der Waals surface area (Å²) in [6, 6.07) is 16.4. The van der Waals surface area contributed by atoms with Gasteiger partial charge in [0.2, 0.25) is 0 Å². The summed E-state index contributed by atoms with van der Waals surface area (Å²) in [5, 5.41) is 57.4. The Labute approximate surface area is 310 Å². The number of carboxylic acid groups (broad SMARTS) is 2. The number of hydrogen-bond acceptors (Lipinski definition) is 10. The number of aliphatic hydroxyl groups excluding tert-OH is 2. The van der Waals surface area contributed by atoms with E-state index in [0.717, 1.165) is 11.1 Å². The fraction of sp³-hybridized carbons (Fsp3) is 0.235. The van der Waals surface area contributed by atoms with Crippen molar-refractivity contribution in [2.75, 3.05) is 0 Å². The van der Waals surface area contributed by atoms with E-state index in [4.69, 9.17) is 0 Å². The molecule has 6 N–H and O–H groups in total.